The Hall–Kier alpha value is -0.530. The van der Waals surface area contributed by atoms with E-state index in [9.17, 15) is 4.79 Å². The van der Waals surface area contributed by atoms with Gasteiger partial charge in [0.2, 0.25) is 5.91 Å². The van der Waals surface area contributed by atoms with E-state index < -0.39 is 0 Å². The predicted molar refractivity (Wildman–Crippen MR) is 77.7 cm³/mol. The van der Waals surface area contributed by atoms with E-state index in [1.165, 1.54) is 38.5 Å². The van der Waals surface area contributed by atoms with Crippen molar-refractivity contribution in [3.05, 3.63) is 0 Å². The summed E-state index contributed by atoms with van der Waals surface area (Å²) in [5.74, 6) is 3.20. The maximum atomic E-state index is 12.0. The lowest BCUT2D eigenvalue weighted by Gasteiger charge is -2.59. The molecule has 0 aliphatic heterocycles. The average Bonchev–Trinajstić information content (AvgIpc) is 2.34. The first-order chi connectivity index (χ1) is 9.11. The molecule has 1 N–H and O–H groups in total. The Labute approximate surface area is 117 Å². The van der Waals surface area contributed by atoms with Gasteiger partial charge in [-0.1, -0.05) is 13.3 Å². The molecule has 0 radical (unpaired) electrons. The lowest BCUT2D eigenvalue weighted by atomic mass is 9.48. The fourth-order valence-corrected chi connectivity index (χ4v) is 5.51. The van der Waals surface area contributed by atoms with Crippen molar-refractivity contribution < 1.29 is 4.79 Å². The van der Waals surface area contributed by atoms with Gasteiger partial charge in [-0.05, 0) is 75.0 Å². The standard InChI is InChI=1S/C17H29NO/c1-3-4-5-16(19)18-12(2)17-9-13-6-14(10-17)8-15(7-13)11-17/h12-15H,3-11H2,1-2H3,(H,18,19). The largest absolute Gasteiger partial charge is 0.353 e. The minimum Gasteiger partial charge on any atom is -0.353 e. The summed E-state index contributed by atoms with van der Waals surface area (Å²) >= 11 is 0. The molecule has 4 rings (SSSR count). The number of rotatable bonds is 5. The van der Waals surface area contributed by atoms with E-state index in [4.69, 9.17) is 0 Å². The monoisotopic (exact) mass is 263 g/mol. The van der Waals surface area contributed by atoms with Crippen LogP contribution in [0.4, 0.5) is 0 Å². The van der Waals surface area contributed by atoms with Crippen LogP contribution in [-0.2, 0) is 4.79 Å². The molecule has 2 nitrogen and oxygen atoms in total. The van der Waals surface area contributed by atoms with Gasteiger partial charge >= 0.3 is 0 Å². The molecule has 19 heavy (non-hydrogen) atoms. The summed E-state index contributed by atoms with van der Waals surface area (Å²) in [4.78, 5) is 12.0. The van der Waals surface area contributed by atoms with Crippen molar-refractivity contribution in [3.8, 4) is 0 Å². The third kappa shape index (κ3) is 2.55. The zero-order valence-electron chi connectivity index (χ0n) is 12.6. The Kier molecular flexibility index (Phi) is 3.61. The maximum absolute atomic E-state index is 12.0. The van der Waals surface area contributed by atoms with Crippen LogP contribution in [0.15, 0.2) is 0 Å². The minimum absolute atomic E-state index is 0.282. The molecule has 0 heterocycles. The molecule has 2 heteroatoms. The zero-order chi connectivity index (χ0) is 13.5. The van der Waals surface area contributed by atoms with Gasteiger partial charge in [0, 0.05) is 12.5 Å². The van der Waals surface area contributed by atoms with Crippen molar-refractivity contribution in [2.24, 2.45) is 23.2 Å². The highest BCUT2D eigenvalue weighted by Crippen LogP contribution is 2.61. The molecule has 4 fully saturated rings. The van der Waals surface area contributed by atoms with Crippen LogP contribution in [0.2, 0.25) is 0 Å². The highest BCUT2D eigenvalue weighted by Gasteiger charge is 2.53. The number of hydrogen-bond acceptors (Lipinski definition) is 1. The molecule has 4 aliphatic rings. The maximum Gasteiger partial charge on any atom is 0.220 e. The molecule has 0 saturated heterocycles. The summed E-state index contributed by atoms with van der Waals surface area (Å²) < 4.78 is 0. The summed E-state index contributed by atoms with van der Waals surface area (Å²) in [6, 6.07) is 0.394. The SMILES string of the molecule is CCCCC(=O)NC(C)C12CC3CC(CC(C3)C1)C2. The highest BCUT2D eigenvalue weighted by molar-refractivity contribution is 5.76. The highest BCUT2D eigenvalue weighted by atomic mass is 16.1. The van der Waals surface area contributed by atoms with Crippen LogP contribution >= 0.6 is 0 Å². The van der Waals surface area contributed by atoms with Gasteiger partial charge in [-0.15, -0.1) is 0 Å². The first-order valence-electron chi connectivity index (χ1n) is 8.40. The van der Waals surface area contributed by atoms with Crippen LogP contribution in [0.5, 0.6) is 0 Å². The number of hydrogen-bond donors (Lipinski definition) is 1. The van der Waals surface area contributed by atoms with Crippen LogP contribution in [0.3, 0.4) is 0 Å². The number of nitrogens with one attached hydrogen (secondary N) is 1. The molecular weight excluding hydrogens is 234 g/mol. The Bertz CT molecular complexity index is 314. The van der Waals surface area contributed by atoms with E-state index in [0.29, 0.717) is 17.9 Å². The summed E-state index contributed by atoms with van der Waals surface area (Å²) in [5, 5.41) is 3.33. The molecule has 0 aromatic rings. The molecule has 0 spiro atoms. The lowest BCUT2D eigenvalue weighted by molar-refractivity contribution is -0.126. The van der Waals surface area contributed by atoms with Crippen molar-refractivity contribution in [2.75, 3.05) is 0 Å². The quantitative estimate of drug-likeness (QED) is 0.801. The lowest BCUT2D eigenvalue weighted by Crippen LogP contribution is -2.55. The summed E-state index contributed by atoms with van der Waals surface area (Å²) in [6.07, 6.45) is 11.4. The second-order valence-corrected chi connectivity index (χ2v) is 7.67. The normalized spacial score (nSPS) is 41.3. The summed E-state index contributed by atoms with van der Waals surface area (Å²) in [7, 11) is 0. The van der Waals surface area contributed by atoms with Crippen LogP contribution in [-0.4, -0.2) is 11.9 Å². The van der Waals surface area contributed by atoms with E-state index >= 15 is 0 Å². The number of unbranched alkanes of at least 4 members (excludes halogenated alkanes) is 1. The van der Waals surface area contributed by atoms with Crippen LogP contribution in [0.1, 0.15) is 71.6 Å². The van der Waals surface area contributed by atoms with E-state index in [1.807, 2.05) is 0 Å². The van der Waals surface area contributed by atoms with Gasteiger partial charge in [0.05, 0.1) is 0 Å². The van der Waals surface area contributed by atoms with Gasteiger partial charge < -0.3 is 5.32 Å². The van der Waals surface area contributed by atoms with Crippen molar-refractivity contribution in [1.82, 2.24) is 5.32 Å². The van der Waals surface area contributed by atoms with E-state index in [1.54, 1.807) is 0 Å². The topological polar surface area (TPSA) is 29.1 Å². The van der Waals surface area contributed by atoms with Crippen molar-refractivity contribution >= 4 is 5.91 Å². The first-order valence-corrected chi connectivity index (χ1v) is 8.40. The second-order valence-electron chi connectivity index (χ2n) is 7.67. The summed E-state index contributed by atoms with van der Waals surface area (Å²) in [6.45, 7) is 4.42. The Morgan fingerprint density at radius 3 is 2.16 bits per heavy atom. The number of amides is 1. The Morgan fingerprint density at radius 1 is 1.16 bits per heavy atom. The molecule has 1 amide bonds. The van der Waals surface area contributed by atoms with E-state index in [0.717, 1.165) is 30.6 Å². The van der Waals surface area contributed by atoms with Gasteiger partial charge in [-0.3, -0.25) is 4.79 Å². The van der Waals surface area contributed by atoms with Crippen molar-refractivity contribution in [1.29, 1.82) is 0 Å². The van der Waals surface area contributed by atoms with E-state index in [-0.39, 0.29) is 5.91 Å². The first kappa shape index (κ1) is 13.5. The third-order valence-corrected chi connectivity index (χ3v) is 6.14. The molecule has 4 saturated carbocycles. The molecule has 0 aromatic heterocycles. The molecule has 4 aliphatic carbocycles. The Morgan fingerprint density at radius 2 is 1.68 bits per heavy atom. The molecule has 1 unspecified atom stereocenters. The molecule has 4 bridgehead atoms. The van der Waals surface area contributed by atoms with Crippen molar-refractivity contribution in [2.45, 2.75) is 77.7 Å². The molecular formula is C17H29NO. The van der Waals surface area contributed by atoms with Crippen molar-refractivity contribution in [3.63, 3.8) is 0 Å². The predicted octanol–water partition coefficient (Wildman–Crippen LogP) is 3.90. The van der Waals surface area contributed by atoms with Gasteiger partial charge in [-0.25, -0.2) is 0 Å². The Balaban J connectivity index is 1.63. The van der Waals surface area contributed by atoms with E-state index in [2.05, 4.69) is 19.2 Å². The summed E-state index contributed by atoms with van der Waals surface area (Å²) in [5.41, 5.74) is 0.455. The molecule has 108 valence electrons. The van der Waals surface area contributed by atoms with Gasteiger partial charge in [0.1, 0.15) is 0 Å². The minimum atomic E-state index is 0.282. The van der Waals surface area contributed by atoms with Gasteiger partial charge in [0.15, 0.2) is 0 Å². The number of carbonyl (C=O) groups is 1. The average molecular weight is 263 g/mol. The molecule has 0 aromatic carbocycles. The van der Waals surface area contributed by atoms with Gasteiger partial charge in [-0.2, -0.15) is 0 Å². The van der Waals surface area contributed by atoms with Crippen LogP contribution < -0.4 is 5.32 Å². The fourth-order valence-electron chi connectivity index (χ4n) is 5.51. The fraction of sp³-hybridized carbons (Fsp3) is 0.941. The molecule has 1 atom stereocenters. The second kappa shape index (κ2) is 5.10. The zero-order valence-corrected chi connectivity index (χ0v) is 12.6. The third-order valence-electron chi connectivity index (χ3n) is 6.14. The van der Waals surface area contributed by atoms with Crippen LogP contribution in [0.25, 0.3) is 0 Å². The van der Waals surface area contributed by atoms with Crippen LogP contribution in [0, 0.1) is 23.2 Å². The van der Waals surface area contributed by atoms with Gasteiger partial charge in [0.25, 0.3) is 0 Å². The number of carbonyl (C=O) groups excluding carboxylic acids is 1. The smallest absolute Gasteiger partial charge is 0.220 e.